The minimum absolute atomic E-state index is 0.0255. The number of hydrogen-bond donors (Lipinski definition) is 2. The molecule has 0 spiro atoms. The zero-order valence-corrected chi connectivity index (χ0v) is 22.7. The number of aliphatic hydroxyl groups excluding tert-OH is 1. The Balaban J connectivity index is 0.000000175. The lowest BCUT2D eigenvalue weighted by molar-refractivity contribution is -0.128. The lowest BCUT2D eigenvalue weighted by Crippen LogP contribution is -2.32. The normalized spacial score (nSPS) is 32.3. The summed E-state index contributed by atoms with van der Waals surface area (Å²) in [4.78, 5) is 11.6. The molecule has 0 aliphatic heterocycles. The number of fused-ring (bicyclic) bond motifs is 2. The summed E-state index contributed by atoms with van der Waals surface area (Å²) in [6.45, 7) is 19.5. The molecule has 2 N–H and O–H groups in total. The molecule has 1 aromatic carbocycles. The fourth-order valence-electron chi connectivity index (χ4n) is 6.20. The van der Waals surface area contributed by atoms with Crippen molar-refractivity contribution in [2.75, 3.05) is 0 Å². The van der Waals surface area contributed by atoms with E-state index < -0.39 is 0 Å². The van der Waals surface area contributed by atoms with E-state index in [9.17, 15) is 15.0 Å². The van der Waals surface area contributed by atoms with Crippen LogP contribution < -0.4 is 0 Å². The number of hydrogen-bond acceptors (Lipinski definition) is 3. The number of ketones is 1. The summed E-state index contributed by atoms with van der Waals surface area (Å²) in [6, 6.07) is 5.81. The zero-order chi connectivity index (χ0) is 25.1. The maximum absolute atomic E-state index is 11.6. The van der Waals surface area contributed by atoms with Gasteiger partial charge in [-0.05, 0) is 84.8 Å². The van der Waals surface area contributed by atoms with Gasteiger partial charge in [-0.2, -0.15) is 0 Å². The van der Waals surface area contributed by atoms with Crippen LogP contribution in [0.4, 0.5) is 0 Å². The molecule has 0 radical (unpaired) electrons. The molecule has 0 heterocycles. The fraction of sp³-hybridized carbons (Fsp3) is 0.767. The molecular weight excluding hydrogens is 408 g/mol. The predicted octanol–water partition coefficient (Wildman–Crippen LogP) is 7.67. The lowest BCUT2D eigenvalue weighted by atomic mass is 9.70. The fourth-order valence-corrected chi connectivity index (χ4v) is 6.20. The Morgan fingerprint density at radius 3 is 2.03 bits per heavy atom. The number of rotatable bonds is 2. The molecule has 2 bridgehead atoms. The van der Waals surface area contributed by atoms with Crippen molar-refractivity contribution in [3.8, 4) is 5.75 Å². The third-order valence-electron chi connectivity index (χ3n) is 9.28. The molecule has 3 aliphatic rings. The Labute approximate surface area is 203 Å². The van der Waals surface area contributed by atoms with E-state index >= 15 is 0 Å². The first-order valence-electron chi connectivity index (χ1n) is 13.2. The van der Waals surface area contributed by atoms with Crippen LogP contribution in [0, 0.1) is 41.4 Å². The standard InChI is InChI=1S/C10H16O.C10H20O.C10H14O/c1-9(2)7-4-5-10(9,3)8(11)6-7;2*1-7(2)9-5-4-8(3)6-10(9)11/h7H,4-6H2,1-3H3;7-11H,4-6H2,1-3H3;4-7,11H,1-3H3/t;8-,9+,10-;/m.1./s1. The van der Waals surface area contributed by atoms with Crippen molar-refractivity contribution in [2.45, 2.75) is 113 Å². The molecule has 3 nitrogen and oxygen atoms in total. The van der Waals surface area contributed by atoms with Crippen molar-refractivity contribution in [3.05, 3.63) is 29.3 Å². The van der Waals surface area contributed by atoms with Gasteiger partial charge in [0, 0.05) is 11.8 Å². The first kappa shape index (κ1) is 27.9. The van der Waals surface area contributed by atoms with Crippen molar-refractivity contribution < 1.29 is 15.0 Å². The summed E-state index contributed by atoms with van der Waals surface area (Å²) >= 11 is 0. The van der Waals surface area contributed by atoms with Crippen LogP contribution in [0.5, 0.6) is 5.75 Å². The van der Waals surface area contributed by atoms with E-state index in [4.69, 9.17) is 0 Å². The minimum atomic E-state index is -0.0289. The number of Topliss-reactive ketones (excluding diaryl/α,β-unsaturated/α-hetero) is 1. The Kier molecular flexibility index (Phi) is 9.24. The topological polar surface area (TPSA) is 57.5 Å². The van der Waals surface area contributed by atoms with Crippen molar-refractivity contribution >= 4 is 5.78 Å². The first-order valence-corrected chi connectivity index (χ1v) is 13.2. The minimum Gasteiger partial charge on any atom is -0.508 e. The van der Waals surface area contributed by atoms with Crippen LogP contribution in [0.15, 0.2) is 18.2 Å². The van der Waals surface area contributed by atoms with E-state index in [1.807, 2.05) is 19.1 Å². The first-order chi connectivity index (χ1) is 15.2. The monoisotopic (exact) mass is 458 g/mol. The maximum Gasteiger partial charge on any atom is 0.139 e. The number of aryl methyl sites for hydroxylation is 1. The molecule has 3 aliphatic carbocycles. The quantitative estimate of drug-likeness (QED) is 0.478. The molecule has 0 saturated heterocycles. The molecule has 188 valence electrons. The average molecular weight is 459 g/mol. The van der Waals surface area contributed by atoms with Crippen molar-refractivity contribution in [3.63, 3.8) is 0 Å². The van der Waals surface area contributed by atoms with Crippen LogP contribution in [-0.2, 0) is 4.79 Å². The van der Waals surface area contributed by atoms with Crippen LogP contribution in [-0.4, -0.2) is 22.1 Å². The van der Waals surface area contributed by atoms with Crippen molar-refractivity contribution in [1.82, 2.24) is 0 Å². The summed E-state index contributed by atoms with van der Waals surface area (Å²) in [5.41, 5.74) is 2.43. The number of phenolic OH excluding ortho intramolecular Hbond substituents is 1. The molecule has 0 aromatic heterocycles. The van der Waals surface area contributed by atoms with Gasteiger partial charge in [-0.25, -0.2) is 0 Å². The van der Waals surface area contributed by atoms with Gasteiger partial charge in [0.1, 0.15) is 11.5 Å². The van der Waals surface area contributed by atoms with Gasteiger partial charge in [0.15, 0.2) is 0 Å². The van der Waals surface area contributed by atoms with Gasteiger partial charge >= 0.3 is 0 Å². The van der Waals surface area contributed by atoms with Crippen molar-refractivity contribution in [1.29, 1.82) is 0 Å². The second-order valence-electron chi connectivity index (χ2n) is 12.5. The van der Waals surface area contributed by atoms with Crippen LogP contribution >= 0.6 is 0 Å². The van der Waals surface area contributed by atoms with E-state index in [0.29, 0.717) is 35.2 Å². The molecule has 2 unspecified atom stereocenters. The maximum atomic E-state index is 11.6. The second-order valence-corrected chi connectivity index (χ2v) is 12.5. The number of aromatic hydroxyl groups is 1. The smallest absolute Gasteiger partial charge is 0.139 e. The molecule has 3 heteroatoms. The Morgan fingerprint density at radius 1 is 1.03 bits per heavy atom. The van der Waals surface area contributed by atoms with Gasteiger partial charge in [-0.15, -0.1) is 0 Å². The number of carbonyl (C=O) groups is 1. The predicted molar refractivity (Wildman–Crippen MR) is 139 cm³/mol. The van der Waals surface area contributed by atoms with Gasteiger partial charge in [0.05, 0.1) is 6.10 Å². The third-order valence-corrected chi connectivity index (χ3v) is 9.28. The molecule has 0 amide bonds. The summed E-state index contributed by atoms with van der Waals surface area (Å²) in [7, 11) is 0. The number of aliphatic hydroxyl groups is 1. The molecule has 5 atom stereocenters. The van der Waals surface area contributed by atoms with Gasteiger partial charge in [0.2, 0.25) is 0 Å². The summed E-state index contributed by atoms with van der Waals surface area (Å²) in [5, 5.41) is 19.2. The number of phenols is 1. The third kappa shape index (κ3) is 6.21. The molecule has 1 aromatic rings. The summed E-state index contributed by atoms with van der Waals surface area (Å²) in [6.07, 6.45) is 6.77. The molecule has 3 saturated carbocycles. The van der Waals surface area contributed by atoms with E-state index in [0.717, 1.165) is 36.3 Å². The number of carbonyl (C=O) groups excluding carboxylic acids is 1. The highest BCUT2D eigenvalue weighted by atomic mass is 16.3. The van der Waals surface area contributed by atoms with Gasteiger partial charge in [-0.1, -0.05) is 73.9 Å². The van der Waals surface area contributed by atoms with Crippen LogP contribution in [0.3, 0.4) is 0 Å². The van der Waals surface area contributed by atoms with E-state index in [1.54, 1.807) is 6.07 Å². The van der Waals surface area contributed by atoms with Gasteiger partial charge < -0.3 is 10.2 Å². The Morgan fingerprint density at radius 2 is 1.67 bits per heavy atom. The highest BCUT2D eigenvalue weighted by molar-refractivity contribution is 5.89. The summed E-state index contributed by atoms with van der Waals surface area (Å²) < 4.78 is 0. The Hall–Kier alpha value is -1.35. The zero-order valence-electron chi connectivity index (χ0n) is 22.7. The highest BCUT2D eigenvalue weighted by Gasteiger charge is 2.61. The molecule has 33 heavy (non-hydrogen) atoms. The molecular formula is C30H50O3. The van der Waals surface area contributed by atoms with E-state index in [2.05, 4.69) is 55.4 Å². The van der Waals surface area contributed by atoms with Crippen LogP contribution in [0.2, 0.25) is 0 Å². The summed E-state index contributed by atoms with van der Waals surface area (Å²) in [5.74, 6) is 3.96. The van der Waals surface area contributed by atoms with E-state index in [1.165, 1.54) is 19.3 Å². The van der Waals surface area contributed by atoms with Crippen LogP contribution in [0.1, 0.15) is 111 Å². The largest absolute Gasteiger partial charge is 0.508 e. The average Bonchev–Trinajstić information content (AvgIpc) is 3.01. The van der Waals surface area contributed by atoms with E-state index in [-0.39, 0.29) is 16.9 Å². The number of benzene rings is 1. The molecule has 4 rings (SSSR count). The SMILES string of the molecule is CC(C)[C@@H]1CC[C@@H](C)C[C@H]1O.CC12CCC(CC1=O)C2(C)C.Cc1ccc(C(C)C)c(O)c1. The van der Waals surface area contributed by atoms with Gasteiger partial charge in [0.25, 0.3) is 0 Å². The Bertz CT molecular complexity index is 794. The molecule has 3 fully saturated rings. The lowest BCUT2D eigenvalue weighted by Gasteiger charge is -2.33. The van der Waals surface area contributed by atoms with Crippen molar-refractivity contribution in [2.24, 2.45) is 34.5 Å². The second kappa shape index (κ2) is 10.9. The van der Waals surface area contributed by atoms with Crippen LogP contribution in [0.25, 0.3) is 0 Å². The highest BCUT2D eigenvalue weighted by Crippen LogP contribution is 2.63. The van der Waals surface area contributed by atoms with Gasteiger partial charge in [-0.3, -0.25) is 4.79 Å².